The van der Waals surface area contributed by atoms with Crippen LogP contribution in [0.5, 0.6) is 0 Å². The Morgan fingerprint density at radius 3 is 0.870 bits per heavy atom. The number of aliphatic hydroxyl groups excluding tert-OH is 10. The molecule has 14 N–H and O–H groups in total. The smallest absolute Gasteiger partial charge is 0.253 e. The van der Waals surface area contributed by atoms with Crippen molar-refractivity contribution in [2.24, 2.45) is 0 Å². The average molecular weight is 1650 g/mol. The van der Waals surface area contributed by atoms with Crippen LogP contribution in [-0.4, -0.2) is 216 Å². The molecule has 0 aliphatic carbocycles. The zero-order chi connectivity index (χ0) is 52.4. The number of halogens is 6. The highest BCUT2D eigenvalue weighted by Crippen LogP contribution is 2.40. The number of aliphatic hydroxyl groups is 10. The first-order valence-corrected chi connectivity index (χ1v) is 26.6. The van der Waals surface area contributed by atoms with Crippen LogP contribution in [0, 0.1) is 21.4 Å². The third kappa shape index (κ3) is 18.2. The molecule has 0 aliphatic rings. The van der Waals surface area contributed by atoms with Gasteiger partial charge in [0.25, 0.3) is 35.4 Å². The molecule has 69 heavy (non-hydrogen) atoms. The van der Waals surface area contributed by atoms with Crippen LogP contribution in [-0.2, 0) is 19.1 Å². The highest BCUT2D eigenvalue weighted by molar-refractivity contribution is 14.1. The summed E-state index contributed by atoms with van der Waals surface area (Å²) in [6.07, 6.45) is -9.27. The van der Waals surface area contributed by atoms with Crippen LogP contribution in [0.4, 0.5) is 11.4 Å². The van der Waals surface area contributed by atoms with Crippen LogP contribution in [0.3, 0.4) is 0 Å². The van der Waals surface area contributed by atoms with E-state index in [2.05, 4.69) is 21.3 Å². The van der Waals surface area contributed by atoms with Crippen LogP contribution >= 0.6 is 136 Å². The van der Waals surface area contributed by atoms with Crippen molar-refractivity contribution in [1.29, 1.82) is 0 Å². The number of anilines is 2. The maximum absolute atomic E-state index is 13.9. The van der Waals surface area contributed by atoms with Gasteiger partial charge >= 0.3 is 0 Å². The van der Waals surface area contributed by atoms with Gasteiger partial charge in [0.05, 0.1) is 124 Å². The number of amides is 6. The van der Waals surface area contributed by atoms with Crippen molar-refractivity contribution < 1.29 is 89.3 Å². The summed E-state index contributed by atoms with van der Waals surface area (Å²) < 4.78 is 10.7. The fraction of sp³-hybridized carbons (Fsp3) is 0.538. The van der Waals surface area contributed by atoms with Crippen molar-refractivity contribution in [3.8, 4) is 0 Å². The van der Waals surface area contributed by atoms with Crippen LogP contribution in [0.1, 0.15) is 47.9 Å². The first-order valence-electron chi connectivity index (χ1n) is 20.1. The normalized spacial score (nSPS) is 13.9. The van der Waals surface area contributed by atoms with E-state index in [-0.39, 0.29) is 55.0 Å². The van der Waals surface area contributed by atoms with Gasteiger partial charge < -0.3 is 91.6 Å². The first-order chi connectivity index (χ1) is 32.5. The molecule has 0 saturated heterocycles. The number of nitrogens with zero attached hydrogens (tertiary/aromatic N) is 2. The molecule has 0 radical (unpaired) electrons. The Kier molecular flexibility index (Phi) is 29.6. The van der Waals surface area contributed by atoms with E-state index >= 15 is 0 Å². The van der Waals surface area contributed by atoms with Gasteiger partial charge in [0.1, 0.15) is 13.2 Å². The van der Waals surface area contributed by atoms with E-state index in [0.717, 1.165) is 9.80 Å². The molecule has 30 heteroatoms. The van der Waals surface area contributed by atoms with Crippen LogP contribution in [0.2, 0.25) is 0 Å². The second-order valence-electron chi connectivity index (χ2n) is 14.7. The van der Waals surface area contributed by atoms with Crippen molar-refractivity contribution in [1.82, 2.24) is 21.3 Å². The third-order valence-corrected chi connectivity index (χ3v) is 15.7. The maximum Gasteiger partial charge on any atom is 0.253 e. The lowest BCUT2D eigenvalue weighted by Crippen LogP contribution is -2.45. The molecule has 2 aromatic rings. The Bertz CT molecular complexity index is 1900. The SMILES string of the molecule is COCC(=O)N(CC(O)CC(O)CN(C(=O)COC)c1c(I)c(C(=O)NCC(O)CO)c(I)c(C(=O)NCC(O)CO)c1I)c1c(I)c(C(=O)NCC(O)CO)c(I)c(C(=O)NCC(O)CO)c1I. The minimum absolute atomic E-state index is 0.0672. The van der Waals surface area contributed by atoms with Crippen LogP contribution in [0.25, 0.3) is 0 Å². The van der Waals surface area contributed by atoms with Gasteiger partial charge in [-0.3, -0.25) is 28.8 Å². The van der Waals surface area contributed by atoms with Crippen molar-refractivity contribution in [2.75, 3.05) is 103 Å². The van der Waals surface area contributed by atoms with Gasteiger partial charge in [0.2, 0.25) is 0 Å². The van der Waals surface area contributed by atoms with Crippen molar-refractivity contribution >= 4 is 182 Å². The van der Waals surface area contributed by atoms with E-state index in [9.17, 15) is 79.8 Å². The van der Waals surface area contributed by atoms with E-state index in [0.29, 0.717) is 0 Å². The average Bonchev–Trinajstić information content (AvgIpc) is 3.29. The number of carbonyl (C=O) groups excluding carboxylic acids is 6. The van der Waals surface area contributed by atoms with Crippen LogP contribution < -0.4 is 31.1 Å². The van der Waals surface area contributed by atoms with Gasteiger partial charge in [0.15, 0.2) is 0 Å². The van der Waals surface area contributed by atoms with E-state index < -0.39 is 157 Å². The minimum Gasteiger partial charge on any atom is -0.394 e. The number of ether oxygens (including phenoxy) is 2. The van der Waals surface area contributed by atoms with Gasteiger partial charge in [-0.25, -0.2) is 0 Å². The lowest BCUT2D eigenvalue weighted by molar-refractivity contribution is -0.123. The summed E-state index contributed by atoms with van der Waals surface area (Å²) in [5, 5.41) is 110. The second kappa shape index (κ2) is 31.8. The van der Waals surface area contributed by atoms with E-state index in [1.165, 1.54) is 14.2 Å². The number of benzene rings is 2. The molecule has 0 aromatic heterocycles. The minimum atomic E-state index is -1.64. The number of carbonyl (C=O) groups is 6. The largest absolute Gasteiger partial charge is 0.394 e. The Hall–Kier alpha value is -0.840. The number of hydrogen-bond donors (Lipinski definition) is 14. The van der Waals surface area contributed by atoms with Crippen molar-refractivity contribution in [3.63, 3.8) is 0 Å². The molecule has 2 aromatic carbocycles. The number of hydrogen-bond acceptors (Lipinski definition) is 18. The summed E-state index contributed by atoms with van der Waals surface area (Å²) in [5.41, 5.74) is -0.751. The van der Waals surface area contributed by atoms with E-state index in [1.807, 2.05) is 0 Å². The van der Waals surface area contributed by atoms with Crippen molar-refractivity contribution in [3.05, 3.63) is 43.7 Å². The lowest BCUT2D eigenvalue weighted by atomic mass is 10.0. The zero-order valence-corrected chi connectivity index (χ0v) is 49.5. The van der Waals surface area contributed by atoms with Crippen LogP contribution in [0.15, 0.2) is 0 Å². The van der Waals surface area contributed by atoms with E-state index in [1.54, 1.807) is 136 Å². The third-order valence-electron chi connectivity index (χ3n) is 9.34. The summed E-state index contributed by atoms with van der Waals surface area (Å²) >= 11 is 10.5. The molecule has 0 spiro atoms. The predicted octanol–water partition coefficient (Wildman–Crippen LogP) is -2.58. The monoisotopic (exact) mass is 1650 g/mol. The standard InChI is InChI=1S/C39H52I6N6O18/c1-68-14-22(62)50(34-30(42)24(36(64)46-4-18(58)10-52)28(40)25(31(34)43)37(65)47-5-19(59)11-53)8-16(56)3-17(57)9-51(23(63)15-69-2)35-32(44)26(38(66)48-6-20(60)12-54)29(41)27(33(35)45)39(67)49-7-21(61)13-55/h16-21,52-61H,3-15H2,1-2H3,(H,46,64)(H,47,65)(H,48,66)(H,49,67). The molecule has 6 unspecified atom stereocenters. The number of methoxy groups -OCH3 is 2. The molecule has 24 nitrogen and oxygen atoms in total. The van der Waals surface area contributed by atoms with E-state index in [4.69, 9.17) is 9.47 Å². The van der Waals surface area contributed by atoms with Gasteiger partial charge in [0, 0.05) is 54.0 Å². The van der Waals surface area contributed by atoms with Gasteiger partial charge in [-0.1, -0.05) is 0 Å². The lowest BCUT2D eigenvalue weighted by Gasteiger charge is -2.32. The number of rotatable bonds is 28. The summed E-state index contributed by atoms with van der Waals surface area (Å²) in [7, 11) is 2.44. The molecule has 2 rings (SSSR count). The van der Waals surface area contributed by atoms with Crippen molar-refractivity contribution in [2.45, 2.75) is 43.0 Å². The molecule has 388 valence electrons. The molecule has 6 amide bonds. The van der Waals surface area contributed by atoms with Gasteiger partial charge in [-0.05, 0) is 136 Å². The molecule has 0 fully saturated rings. The maximum atomic E-state index is 13.9. The zero-order valence-electron chi connectivity index (χ0n) is 36.6. The second-order valence-corrected chi connectivity index (χ2v) is 21.2. The Balaban J connectivity index is 2.81. The highest BCUT2D eigenvalue weighted by Gasteiger charge is 2.36. The van der Waals surface area contributed by atoms with Gasteiger partial charge in [-0.2, -0.15) is 0 Å². The Morgan fingerprint density at radius 2 is 0.667 bits per heavy atom. The highest BCUT2D eigenvalue weighted by atomic mass is 127. The Labute approximate surface area is 477 Å². The topological polar surface area (TPSA) is 378 Å². The molecule has 0 aliphatic heterocycles. The fourth-order valence-corrected chi connectivity index (χ4v) is 15.4. The molecular formula is C39H52I6N6O18. The summed E-state index contributed by atoms with van der Waals surface area (Å²) in [6.45, 7) is -6.83. The molecule has 0 bridgehead atoms. The molecule has 0 heterocycles. The first kappa shape index (κ1) is 64.3. The van der Waals surface area contributed by atoms with Gasteiger partial charge in [-0.15, -0.1) is 0 Å². The summed E-state index contributed by atoms with van der Waals surface area (Å²) in [5.74, 6) is -4.91. The molecule has 6 atom stereocenters. The Morgan fingerprint density at radius 1 is 0.435 bits per heavy atom. The summed E-state index contributed by atoms with van der Waals surface area (Å²) in [4.78, 5) is 84.9. The quantitative estimate of drug-likeness (QED) is 0.0389. The summed E-state index contributed by atoms with van der Waals surface area (Å²) in [6, 6.07) is 0. The number of nitrogens with one attached hydrogen (secondary N) is 4. The molecular weight excluding hydrogens is 1600 g/mol. The predicted molar refractivity (Wildman–Crippen MR) is 296 cm³/mol. The molecule has 0 saturated carbocycles. The fourth-order valence-electron chi connectivity index (χ4n) is 5.95.